The number of anilines is 1. The largest absolute Gasteiger partial charge is 0.454 e. The number of carbonyl (C=O) groups excluding carboxylic acids is 2. The number of esters is 1. The Morgan fingerprint density at radius 2 is 1.88 bits per heavy atom. The Hall–Kier alpha value is -2.89. The second kappa shape index (κ2) is 9.31. The van der Waals surface area contributed by atoms with Gasteiger partial charge in [-0.15, -0.1) is 0 Å². The van der Waals surface area contributed by atoms with E-state index in [4.69, 9.17) is 4.74 Å². The molecule has 0 bridgehead atoms. The van der Waals surface area contributed by atoms with Gasteiger partial charge >= 0.3 is 5.97 Å². The van der Waals surface area contributed by atoms with Gasteiger partial charge in [0.1, 0.15) is 17.7 Å². The van der Waals surface area contributed by atoms with E-state index in [9.17, 15) is 31.9 Å². The zero-order valence-electron chi connectivity index (χ0n) is 17.3. The molecule has 1 aliphatic rings. The van der Waals surface area contributed by atoms with E-state index >= 15 is 0 Å². The fourth-order valence-electron chi connectivity index (χ4n) is 3.28. The first-order valence-corrected chi connectivity index (χ1v) is 11.1. The molecule has 11 heteroatoms. The molecule has 2 aromatic carbocycles. The van der Waals surface area contributed by atoms with Gasteiger partial charge in [-0.05, 0) is 49.2 Å². The van der Waals surface area contributed by atoms with Gasteiger partial charge in [0.25, 0.3) is 5.91 Å². The lowest BCUT2D eigenvalue weighted by Crippen LogP contribution is -2.42. The Balaban J connectivity index is 1.69. The summed E-state index contributed by atoms with van der Waals surface area (Å²) in [5.41, 5.74) is 1.34. The van der Waals surface area contributed by atoms with Gasteiger partial charge in [-0.25, -0.2) is 17.2 Å². The van der Waals surface area contributed by atoms with Crippen molar-refractivity contribution in [3.8, 4) is 0 Å². The summed E-state index contributed by atoms with van der Waals surface area (Å²) in [6.45, 7) is 2.46. The second-order valence-electron chi connectivity index (χ2n) is 7.51. The molecule has 1 heterocycles. The lowest BCUT2D eigenvalue weighted by molar-refractivity contribution is -0.150. The van der Waals surface area contributed by atoms with Crippen molar-refractivity contribution >= 4 is 27.6 Å². The smallest absolute Gasteiger partial charge is 0.325 e. The molecule has 8 nitrogen and oxygen atoms in total. The summed E-state index contributed by atoms with van der Waals surface area (Å²) >= 11 is 0. The number of carbonyl (C=O) groups is 2. The molecule has 1 aliphatic heterocycles. The topological polar surface area (TPSA) is 113 Å². The standard InChI is InChI=1S/C21H22F2N2O6S/c1-12-3-5-16(7-13(12)2)32(29,30)25-10-15(26)9-19(25)21(28)31-11-20(27)24-18-6-4-14(22)8-17(18)23/h3-8,15,19,26H,9-11H2,1-2H3,(H,24,27). The van der Waals surface area contributed by atoms with Gasteiger partial charge in [0.15, 0.2) is 6.61 Å². The first kappa shape index (κ1) is 23.8. The number of halogens is 2. The molecule has 1 saturated heterocycles. The van der Waals surface area contributed by atoms with Gasteiger partial charge in [-0.1, -0.05) is 6.07 Å². The van der Waals surface area contributed by atoms with Crippen LogP contribution in [0.2, 0.25) is 0 Å². The van der Waals surface area contributed by atoms with Crippen molar-refractivity contribution in [3.63, 3.8) is 0 Å². The molecule has 0 aliphatic carbocycles. The van der Waals surface area contributed by atoms with Crippen LogP contribution in [0, 0.1) is 25.5 Å². The van der Waals surface area contributed by atoms with Gasteiger partial charge < -0.3 is 15.2 Å². The molecule has 2 atom stereocenters. The second-order valence-corrected chi connectivity index (χ2v) is 9.40. The quantitative estimate of drug-likeness (QED) is 0.626. The summed E-state index contributed by atoms with van der Waals surface area (Å²) in [5, 5.41) is 12.1. The highest BCUT2D eigenvalue weighted by atomic mass is 32.2. The summed E-state index contributed by atoms with van der Waals surface area (Å²) in [6, 6.07) is 5.73. The number of nitrogens with one attached hydrogen (secondary N) is 1. The van der Waals surface area contributed by atoms with E-state index in [-0.39, 0.29) is 23.5 Å². The van der Waals surface area contributed by atoms with Crippen LogP contribution in [0.5, 0.6) is 0 Å². The normalized spacial score (nSPS) is 19.0. The maximum absolute atomic E-state index is 13.6. The predicted octanol–water partition coefficient (Wildman–Crippen LogP) is 1.89. The molecule has 0 spiro atoms. The van der Waals surface area contributed by atoms with Crippen molar-refractivity contribution in [1.82, 2.24) is 4.31 Å². The summed E-state index contributed by atoms with van der Waals surface area (Å²) < 4.78 is 58.5. The van der Waals surface area contributed by atoms with Crippen LogP contribution in [-0.4, -0.2) is 55.0 Å². The first-order valence-electron chi connectivity index (χ1n) is 9.67. The SMILES string of the molecule is Cc1ccc(S(=O)(=O)N2CC(O)CC2C(=O)OCC(=O)Nc2ccc(F)cc2F)cc1C. The van der Waals surface area contributed by atoms with E-state index in [0.29, 0.717) is 6.07 Å². The van der Waals surface area contributed by atoms with Crippen LogP contribution in [0.1, 0.15) is 17.5 Å². The molecule has 0 saturated carbocycles. The van der Waals surface area contributed by atoms with Gasteiger partial charge in [-0.2, -0.15) is 4.31 Å². The zero-order chi connectivity index (χ0) is 23.6. The van der Waals surface area contributed by atoms with Gasteiger partial charge in [0.2, 0.25) is 10.0 Å². The van der Waals surface area contributed by atoms with Gasteiger partial charge in [0.05, 0.1) is 16.7 Å². The van der Waals surface area contributed by atoms with Crippen LogP contribution < -0.4 is 5.32 Å². The minimum absolute atomic E-state index is 0.0305. The van der Waals surface area contributed by atoms with E-state index in [1.54, 1.807) is 13.0 Å². The van der Waals surface area contributed by atoms with Gasteiger partial charge in [0, 0.05) is 19.0 Å². The monoisotopic (exact) mass is 468 g/mol. The molecule has 0 aromatic heterocycles. The molecule has 172 valence electrons. The molecule has 1 fully saturated rings. The molecule has 3 rings (SSSR count). The number of aryl methyl sites for hydroxylation is 2. The van der Waals surface area contributed by atoms with Crippen molar-refractivity contribution in [3.05, 3.63) is 59.2 Å². The molecule has 1 amide bonds. The van der Waals surface area contributed by atoms with E-state index in [1.165, 1.54) is 12.1 Å². The van der Waals surface area contributed by atoms with Crippen LogP contribution in [0.4, 0.5) is 14.5 Å². The Morgan fingerprint density at radius 1 is 1.16 bits per heavy atom. The minimum atomic E-state index is -4.12. The van der Waals surface area contributed by atoms with Crippen LogP contribution in [0.15, 0.2) is 41.3 Å². The number of aliphatic hydroxyl groups excluding tert-OH is 1. The average molecular weight is 468 g/mol. The van der Waals surface area contributed by atoms with E-state index in [1.807, 2.05) is 6.92 Å². The van der Waals surface area contributed by atoms with Crippen molar-refractivity contribution in [1.29, 1.82) is 0 Å². The predicted molar refractivity (Wildman–Crippen MR) is 110 cm³/mol. The zero-order valence-corrected chi connectivity index (χ0v) is 18.2. The Morgan fingerprint density at radius 3 is 2.53 bits per heavy atom. The molecular weight excluding hydrogens is 446 g/mol. The molecule has 0 radical (unpaired) electrons. The lowest BCUT2D eigenvalue weighted by atomic mass is 10.1. The summed E-state index contributed by atoms with van der Waals surface area (Å²) in [5.74, 6) is -3.75. The molecule has 2 N–H and O–H groups in total. The third-order valence-corrected chi connectivity index (χ3v) is 7.01. The fourth-order valence-corrected chi connectivity index (χ4v) is 5.00. The highest BCUT2D eigenvalue weighted by molar-refractivity contribution is 7.89. The third-order valence-electron chi connectivity index (χ3n) is 5.14. The first-order chi connectivity index (χ1) is 15.0. The maximum atomic E-state index is 13.6. The molecule has 2 aromatic rings. The van der Waals surface area contributed by atoms with Crippen LogP contribution >= 0.6 is 0 Å². The van der Waals surface area contributed by atoms with Crippen molar-refractivity contribution in [2.45, 2.75) is 37.3 Å². The number of amides is 1. The van der Waals surface area contributed by atoms with Crippen LogP contribution in [0.25, 0.3) is 0 Å². The van der Waals surface area contributed by atoms with E-state index in [2.05, 4.69) is 5.32 Å². The molecule has 32 heavy (non-hydrogen) atoms. The number of β-amino-alcohol motifs (C(OH)–C–C–N with tert-alkyl or cyclic N) is 1. The average Bonchev–Trinajstić information content (AvgIpc) is 3.13. The summed E-state index contributed by atoms with van der Waals surface area (Å²) in [7, 11) is -4.12. The van der Waals surface area contributed by atoms with Crippen LogP contribution in [-0.2, 0) is 24.3 Å². The Kier molecular flexibility index (Phi) is 6.91. The molecule has 2 unspecified atom stereocenters. The lowest BCUT2D eigenvalue weighted by Gasteiger charge is -2.22. The summed E-state index contributed by atoms with van der Waals surface area (Å²) in [6.07, 6.45) is -1.28. The third kappa shape index (κ3) is 5.12. The Bertz CT molecular complexity index is 1150. The van der Waals surface area contributed by atoms with Crippen molar-refractivity contribution in [2.24, 2.45) is 0 Å². The van der Waals surface area contributed by atoms with Crippen molar-refractivity contribution in [2.75, 3.05) is 18.5 Å². The number of hydrogen-bond acceptors (Lipinski definition) is 6. The van der Waals surface area contributed by atoms with E-state index < -0.39 is 52.3 Å². The van der Waals surface area contributed by atoms with E-state index in [0.717, 1.165) is 27.6 Å². The summed E-state index contributed by atoms with van der Waals surface area (Å²) in [4.78, 5) is 24.5. The number of sulfonamides is 1. The van der Waals surface area contributed by atoms with Crippen molar-refractivity contribution < 1.29 is 36.6 Å². The number of nitrogens with zero attached hydrogens (tertiary/aromatic N) is 1. The Labute approximate surface area is 183 Å². The van der Waals surface area contributed by atoms with Crippen LogP contribution in [0.3, 0.4) is 0 Å². The maximum Gasteiger partial charge on any atom is 0.325 e. The highest BCUT2D eigenvalue weighted by Crippen LogP contribution is 2.28. The number of benzene rings is 2. The number of rotatable bonds is 6. The molecular formula is C21H22F2N2O6S. The number of hydrogen-bond donors (Lipinski definition) is 2. The number of aliphatic hydroxyl groups is 1. The fraction of sp³-hybridized carbons (Fsp3) is 0.333. The highest BCUT2D eigenvalue weighted by Gasteiger charge is 2.44. The van der Waals surface area contributed by atoms with Gasteiger partial charge in [-0.3, -0.25) is 9.59 Å². The minimum Gasteiger partial charge on any atom is -0.454 e. The number of ether oxygens (including phenoxy) is 1.